The minimum Gasteiger partial charge on any atom is -0.366 e. The van der Waals surface area contributed by atoms with Gasteiger partial charge in [-0.15, -0.1) is 0 Å². The molecule has 1 heterocycles. The van der Waals surface area contributed by atoms with E-state index in [9.17, 15) is 0 Å². The molecule has 1 aromatic carbocycles. The first kappa shape index (κ1) is 11.7. The fraction of sp³-hybridized carbons (Fsp3) is 0.111. The number of hydrogen-bond donors (Lipinski definition) is 3. The Morgan fingerprint density at radius 2 is 2.29 bits per heavy atom. The molecule has 2 aromatic rings. The number of H-pyrrole nitrogens is 1. The van der Waals surface area contributed by atoms with Gasteiger partial charge in [0.25, 0.3) is 0 Å². The Labute approximate surface area is 108 Å². The molecule has 0 saturated heterocycles. The van der Waals surface area contributed by atoms with E-state index in [1.807, 2.05) is 24.3 Å². The van der Waals surface area contributed by atoms with Crippen molar-refractivity contribution in [3.05, 3.63) is 29.0 Å². The highest BCUT2D eigenvalue weighted by atomic mass is 32.1. The van der Waals surface area contributed by atoms with Crippen molar-refractivity contribution in [1.82, 2.24) is 25.5 Å². The Morgan fingerprint density at radius 3 is 2.94 bits per heavy atom. The predicted molar refractivity (Wildman–Crippen MR) is 71.8 cm³/mol. The summed E-state index contributed by atoms with van der Waals surface area (Å²) in [4.78, 5) is 0. The molecule has 0 atom stereocenters. The Morgan fingerprint density at radius 1 is 1.47 bits per heavy atom. The van der Waals surface area contributed by atoms with Gasteiger partial charge in [0.2, 0.25) is 4.77 Å². The van der Waals surface area contributed by atoms with Gasteiger partial charge in [0, 0.05) is 12.7 Å². The van der Waals surface area contributed by atoms with Crippen LogP contribution >= 0.6 is 24.4 Å². The summed E-state index contributed by atoms with van der Waals surface area (Å²) >= 11 is 10.0. The molecule has 0 spiro atoms. The molecule has 8 heteroatoms. The van der Waals surface area contributed by atoms with Crippen LogP contribution in [-0.2, 0) is 0 Å². The zero-order valence-electron chi connectivity index (χ0n) is 8.97. The highest BCUT2D eigenvalue weighted by Gasteiger charge is 2.01. The van der Waals surface area contributed by atoms with Gasteiger partial charge >= 0.3 is 0 Å². The van der Waals surface area contributed by atoms with Crippen molar-refractivity contribution in [3.63, 3.8) is 0 Å². The predicted octanol–water partition coefficient (Wildman–Crippen LogP) is 1.24. The third-order valence-electron chi connectivity index (χ3n) is 2.06. The summed E-state index contributed by atoms with van der Waals surface area (Å²) in [6.07, 6.45) is 0. The number of aromatic nitrogens is 4. The second kappa shape index (κ2) is 5.02. The van der Waals surface area contributed by atoms with Crippen molar-refractivity contribution < 1.29 is 0 Å². The molecule has 0 bridgehead atoms. The second-order valence-corrected chi connectivity index (χ2v) is 3.95. The van der Waals surface area contributed by atoms with E-state index in [0.29, 0.717) is 9.88 Å². The molecule has 2 rings (SSSR count). The molecule has 0 saturated carbocycles. The quantitative estimate of drug-likeness (QED) is 0.711. The minimum absolute atomic E-state index is 0.373. The van der Waals surface area contributed by atoms with Crippen molar-refractivity contribution in [2.45, 2.75) is 0 Å². The van der Waals surface area contributed by atoms with E-state index in [1.54, 1.807) is 11.7 Å². The van der Waals surface area contributed by atoms with E-state index in [1.165, 1.54) is 0 Å². The third kappa shape index (κ3) is 2.66. The molecule has 0 aliphatic heterocycles. The Balaban J connectivity index is 2.32. The lowest BCUT2D eigenvalue weighted by Crippen LogP contribution is -2.24. The number of thiocarbonyl (C=S) groups is 1. The smallest absolute Gasteiger partial charge is 0.242 e. The monoisotopic (exact) mass is 266 g/mol. The largest absolute Gasteiger partial charge is 0.366 e. The zero-order valence-corrected chi connectivity index (χ0v) is 10.6. The number of hydrogen-bond acceptors (Lipinski definition) is 4. The normalized spacial score (nSPS) is 9.94. The zero-order chi connectivity index (χ0) is 12.3. The molecule has 0 radical (unpaired) electrons. The van der Waals surface area contributed by atoms with Crippen molar-refractivity contribution in [1.29, 1.82) is 0 Å². The first-order chi connectivity index (χ1) is 8.20. The number of aromatic amines is 1. The second-order valence-electron chi connectivity index (χ2n) is 3.17. The maximum Gasteiger partial charge on any atom is 0.242 e. The third-order valence-corrected chi connectivity index (χ3v) is 2.63. The summed E-state index contributed by atoms with van der Waals surface area (Å²) in [5.74, 6) is 0. The van der Waals surface area contributed by atoms with Crippen LogP contribution in [0.5, 0.6) is 0 Å². The van der Waals surface area contributed by atoms with Crippen LogP contribution in [0.25, 0.3) is 5.69 Å². The van der Waals surface area contributed by atoms with Crippen LogP contribution in [0.2, 0.25) is 0 Å². The van der Waals surface area contributed by atoms with Gasteiger partial charge in [-0.1, -0.05) is 16.4 Å². The molecular weight excluding hydrogens is 256 g/mol. The van der Waals surface area contributed by atoms with Crippen LogP contribution < -0.4 is 10.6 Å². The molecule has 17 heavy (non-hydrogen) atoms. The topological polar surface area (TPSA) is 70.6 Å². The maximum absolute atomic E-state index is 5.02. The van der Waals surface area contributed by atoms with Crippen LogP contribution in [0.4, 0.5) is 5.69 Å². The number of rotatable bonds is 2. The van der Waals surface area contributed by atoms with E-state index in [2.05, 4.69) is 26.2 Å². The van der Waals surface area contributed by atoms with E-state index in [4.69, 9.17) is 24.4 Å². The van der Waals surface area contributed by atoms with E-state index in [0.717, 1.165) is 11.4 Å². The number of nitrogens with zero attached hydrogens (tertiary/aromatic N) is 3. The fourth-order valence-electron chi connectivity index (χ4n) is 1.28. The van der Waals surface area contributed by atoms with Gasteiger partial charge in [0.1, 0.15) is 0 Å². The Kier molecular flexibility index (Phi) is 3.45. The van der Waals surface area contributed by atoms with Gasteiger partial charge in [0.15, 0.2) is 5.11 Å². The molecule has 0 unspecified atom stereocenters. The standard InChI is InChI=1S/C9H10N6S2/c1-10-8(16)11-6-3-2-4-7(5-6)15-9(17)12-13-14-15/h2-5H,1H3,(H2,10,11,16)(H,12,14,17). The highest BCUT2D eigenvalue weighted by molar-refractivity contribution is 7.80. The first-order valence-corrected chi connectivity index (χ1v) is 5.61. The summed E-state index contributed by atoms with van der Waals surface area (Å²) in [7, 11) is 1.76. The van der Waals surface area contributed by atoms with Crippen LogP contribution in [0, 0.1) is 4.77 Å². The van der Waals surface area contributed by atoms with Crippen molar-refractivity contribution in [3.8, 4) is 5.69 Å². The summed E-state index contributed by atoms with van der Waals surface area (Å²) in [6, 6.07) is 7.57. The van der Waals surface area contributed by atoms with Crippen LogP contribution in [-0.4, -0.2) is 32.4 Å². The molecule has 0 aliphatic rings. The van der Waals surface area contributed by atoms with Gasteiger partial charge in [0.05, 0.1) is 5.69 Å². The summed E-state index contributed by atoms with van der Waals surface area (Å²) in [6.45, 7) is 0. The molecule has 0 amide bonds. The van der Waals surface area contributed by atoms with Gasteiger partial charge < -0.3 is 10.6 Å². The lowest BCUT2D eigenvalue weighted by Gasteiger charge is -2.08. The number of anilines is 1. The molecule has 6 nitrogen and oxygen atoms in total. The van der Waals surface area contributed by atoms with Crippen LogP contribution in [0.15, 0.2) is 24.3 Å². The van der Waals surface area contributed by atoms with Crippen LogP contribution in [0.1, 0.15) is 0 Å². The van der Waals surface area contributed by atoms with E-state index < -0.39 is 0 Å². The average Bonchev–Trinajstić information content (AvgIpc) is 2.75. The van der Waals surface area contributed by atoms with Gasteiger partial charge in [-0.25, -0.2) is 4.68 Å². The van der Waals surface area contributed by atoms with E-state index in [-0.39, 0.29) is 0 Å². The van der Waals surface area contributed by atoms with Crippen molar-refractivity contribution >= 4 is 35.2 Å². The lowest BCUT2D eigenvalue weighted by atomic mass is 10.3. The summed E-state index contributed by atoms with van der Waals surface area (Å²) in [5, 5.41) is 16.5. The Bertz CT molecular complexity index is 587. The van der Waals surface area contributed by atoms with Gasteiger partial charge in [-0.2, -0.15) is 5.21 Å². The number of benzene rings is 1. The first-order valence-electron chi connectivity index (χ1n) is 4.80. The molecule has 88 valence electrons. The minimum atomic E-state index is 0.373. The van der Waals surface area contributed by atoms with E-state index >= 15 is 0 Å². The number of nitrogens with one attached hydrogen (secondary N) is 3. The highest BCUT2D eigenvalue weighted by Crippen LogP contribution is 2.13. The molecule has 3 N–H and O–H groups in total. The average molecular weight is 266 g/mol. The molecular formula is C9H10N6S2. The lowest BCUT2D eigenvalue weighted by molar-refractivity contribution is 0.786. The van der Waals surface area contributed by atoms with Crippen molar-refractivity contribution in [2.75, 3.05) is 12.4 Å². The summed E-state index contributed by atoms with van der Waals surface area (Å²) < 4.78 is 1.97. The molecule has 0 aliphatic carbocycles. The number of tetrazole rings is 1. The molecule has 1 aromatic heterocycles. The Hall–Kier alpha value is -1.80. The fourth-order valence-corrected chi connectivity index (χ4v) is 1.59. The SMILES string of the molecule is CNC(=S)Nc1cccc(-n2[nH]nnc2=S)c1. The maximum atomic E-state index is 5.02. The molecule has 0 fully saturated rings. The summed E-state index contributed by atoms with van der Waals surface area (Å²) in [5.41, 5.74) is 1.70. The van der Waals surface area contributed by atoms with Gasteiger partial charge in [-0.05, 0) is 42.6 Å². The van der Waals surface area contributed by atoms with Crippen molar-refractivity contribution in [2.24, 2.45) is 0 Å². The van der Waals surface area contributed by atoms with Gasteiger partial charge in [-0.3, -0.25) is 0 Å². The van der Waals surface area contributed by atoms with Crippen LogP contribution in [0.3, 0.4) is 0 Å².